The van der Waals surface area contributed by atoms with Crippen LogP contribution in [0.1, 0.15) is 0 Å². The van der Waals surface area contributed by atoms with E-state index in [4.69, 9.17) is 0 Å². The van der Waals surface area contributed by atoms with Gasteiger partial charge in [0, 0.05) is 34.8 Å². The third-order valence-electron chi connectivity index (χ3n) is 3.30. The van der Waals surface area contributed by atoms with Gasteiger partial charge in [-0.15, -0.1) is 0 Å². The summed E-state index contributed by atoms with van der Waals surface area (Å²) < 4.78 is 16.7. The van der Waals surface area contributed by atoms with Crippen molar-refractivity contribution >= 4 is 32.5 Å². The lowest BCUT2D eigenvalue weighted by atomic mass is 10.2. The molecule has 3 aromatic rings. The SMILES string of the molecule is Fc1cccc2c1ccn2CCNc1ccccc1Br. The maximum absolute atomic E-state index is 13.6. The van der Waals surface area contributed by atoms with Crippen LogP contribution >= 0.6 is 15.9 Å². The molecule has 102 valence electrons. The third kappa shape index (κ3) is 2.56. The van der Waals surface area contributed by atoms with Crippen molar-refractivity contribution in [2.24, 2.45) is 0 Å². The summed E-state index contributed by atoms with van der Waals surface area (Å²) in [6.07, 6.45) is 1.93. The number of hydrogen-bond acceptors (Lipinski definition) is 1. The van der Waals surface area contributed by atoms with Crippen LogP contribution in [0.3, 0.4) is 0 Å². The molecular formula is C16H14BrFN2. The summed E-state index contributed by atoms with van der Waals surface area (Å²) in [7, 11) is 0. The Morgan fingerprint density at radius 1 is 1.05 bits per heavy atom. The van der Waals surface area contributed by atoms with Crippen LogP contribution in [0.25, 0.3) is 10.9 Å². The highest BCUT2D eigenvalue weighted by Gasteiger charge is 2.04. The van der Waals surface area contributed by atoms with Crippen molar-refractivity contribution in [3.05, 3.63) is 65.0 Å². The number of hydrogen-bond donors (Lipinski definition) is 1. The molecule has 0 amide bonds. The minimum absolute atomic E-state index is 0.167. The van der Waals surface area contributed by atoms with Gasteiger partial charge in [-0.25, -0.2) is 4.39 Å². The van der Waals surface area contributed by atoms with E-state index in [1.165, 1.54) is 6.07 Å². The molecule has 2 aromatic carbocycles. The first-order valence-electron chi connectivity index (χ1n) is 6.47. The Morgan fingerprint density at radius 2 is 1.90 bits per heavy atom. The Morgan fingerprint density at radius 3 is 2.75 bits per heavy atom. The van der Waals surface area contributed by atoms with Gasteiger partial charge in [0.15, 0.2) is 0 Å². The van der Waals surface area contributed by atoms with Crippen molar-refractivity contribution in [2.75, 3.05) is 11.9 Å². The zero-order chi connectivity index (χ0) is 13.9. The number of rotatable bonds is 4. The topological polar surface area (TPSA) is 17.0 Å². The summed E-state index contributed by atoms with van der Waals surface area (Å²) in [4.78, 5) is 0. The lowest BCUT2D eigenvalue weighted by Crippen LogP contribution is -2.09. The molecule has 1 aromatic heterocycles. The van der Waals surface area contributed by atoms with E-state index in [9.17, 15) is 4.39 Å². The van der Waals surface area contributed by atoms with E-state index >= 15 is 0 Å². The van der Waals surface area contributed by atoms with Crippen LogP contribution in [0.2, 0.25) is 0 Å². The van der Waals surface area contributed by atoms with Gasteiger partial charge in [0.1, 0.15) is 5.82 Å². The largest absolute Gasteiger partial charge is 0.382 e. The van der Waals surface area contributed by atoms with Crippen LogP contribution in [0.5, 0.6) is 0 Å². The van der Waals surface area contributed by atoms with Crippen molar-refractivity contribution in [1.82, 2.24) is 4.57 Å². The lowest BCUT2D eigenvalue weighted by Gasteiger charge is -2.10. The maximum Gasteiger partial charge on any atom is 0.132 e. The molecule has 0 spiro atoms. The monoisotopic (exact) mass is 332 g/mol. The zero-order valence-corrected chi connectivity index (χ0v) is 12.4. The van der Waals surface area contributed by atoms with E-state index in [1.54, 1.807) is 6.07 Å². The molecule has 1 N–H and O–H groups in total. The molecule has 0 fully saturated rings. The quantitative estimate of drug-likeness (QED) is 0.735. The molecule has 2 nitrogen and oxygen atoms in total. The summed E-state index contributed by atoms with van der Waals surface area (Å²) >= 11 is 3.51. The van der Waals surface area contributed by atoms with Crippen molar-refractivity contribution in [3.63, 3.8) is 0 Å². The van der Waals surface area contributed by atoms with Crippen molar-refractivity contribution in [2.45, 2.75) is 6.54 Å². The van der Waals surface area contributed by atoms with Gasteiger partial charge in [0.2, 0.25) is 0 Å². The molecular weight excluding hydrogens is 319 g/mol. The fourth-order valence-electron chi connectivity index (χ4n) is 2.30. The van der Waals surface area contributed by atoms with Gasteiger partial charge < -0.3 is 9.88 Å². The predicted molar refractivity (Wildman–Crippen MR) is 84.5 cm³/mol. The van der Waals surface area contributed by atoms with Gasteiger partial charge in [-0.2, -0.15) is 0 Å². The number of benzene rings is 2. The Bertz CT molecular complexity index is 736. The number of nitrogens with zero attached hydrogens (tertiary/aromatic N) is 1. The van der Waals surface area contributed by atoms with Gasteiger partial charge in [-0.1, -0.05) is 18.2 Å². The number of nitrogens with one attached hydrogen (secondary N) is 1. The van der Waals surface area contributed by atoms with Crippen LogP contribution < -0.4 is 5.32 Å². The van der Waals surface area contributed by atoms with Gasteiger partial charge >= 0.3 is 0 Å². The second kappa shape index (κ2) is 5.67. The molecule has 20 heavy (non-hydrogen) atoms. The van der Waals surface area contributed by atoms with E-state index in [1.807, 2.05) is 42.6 Å². The molecule has 0 saturated carbocycles. The average Bonchev–Trinajstić information content (AvgIpc) is 2.86. The lowest BCUT2D eigenvalue weighted by molar-refractivity contribution is 0.639. The fourth-order valence-corrected chi connectivity index (χ4v) is 2.72. The standard InChI is InChI=1S/C16H14BrFN2/c17-13-4-1-2-6-15(13)19-9-11-20-10-8-12-14(18)5-3-7-16(12)20/h1-8,10,19H,9,11H2. The van der Waals surface area contributed by atoms with Gasteiger partial charge in [0.25, 0.3) is 0 Å². The van der Waals surface area contributed by atoms with Crippen molar-refractivity contribution in [3.8, 4) is 0 Å². The van der Waals surface area contributed by atoms with E-state index in [2.05, 4.69) is 25.8 Å². The summed E-state index contributed by atoms with van der Waals surface area (Å²) in [5.74, 6) is -0.167. The molecule has 4 heteroatoms. The summed E-state index contributed by atoms with van der Waals surface area (Å²) in [6, 6.07) is 15.0. The number of halogens is 2. The molecule has 1 heterocycles. The Hall–Kier alpha value is -1.81. The molecule has 0 radical (unpaired) electrons. The molecule has 0 aliphatic heterocycles. The summed E-state index contributed by atoms with van der Waals surface area (Å²) in [5, 5.41) is 4.04. The molecule has 0 aliphatic carbocycles. The minimum Gasteiger partial charge on any atom is -0.382 e. The first-order chi connectivity index (χ1) is 9.75. The number of para-hydroxylation sites is 1. The second-order valence-corrected chi connectivity index (χ2v) is 5.44. The molecule has 0 saturated heterocycles. The van der Waals surface area contributed by atoms with E-state index in [0.29, 0.717) is 5.39 Å². The summed E-state index contributed by atoms with van der Waals surface area (Å²) in [5.41, 5.74) is 1.99. The summed E-state index contributed by atoms with van der Waals surface area (Å²) in [6.45, 7) is 1.57. The number of fused-ring (bicyclic) bond motifs is 1. The average molecular weight is 333 g/mol. The normalized spacial score (nSPS) is 10.9. The fraction of sp³-hybridized carbons (Fsp3) is 0.125. The number of anilines is 1. The van der Waals surface area contributed by atoms with Gasteiger partial charge in [-0.3, -0.25) is 0 Å². The van der Waals surface area contributed by atoms with Crippen molar-refractivity contribution < 1.29 is 4.39 Å². The maximum atomic E-state index is 13.6. The van der Waals surface area contributed by atoms with Gasteiger partial charge in [0.05, 0.1) is 5.52 Å². The van der Waals surface area contributed by atoms with Crippen molar-refractivity contribution in [1.29, 1.82) is 0 Å². The second-order valence-electron chi connectivity index (χ2n) is 4.59. The zero-order valence-electron chi connectivity index (χ0n) is 10.8. The highest BCUT2D eigenvalue weighted by atomic mass is 79.9. The Balaban J connectivity index is 1.72. The first-order valence-corrected chi connectivity index (χ1v) is 7.27. The Kier molecular flexibility index (Phi) is 3.74. The smallest absolute Gasteiger partial charge is 0.132 e. The molecule has 3 rings (SSSR count). The highest BCUT2D eigenvalue weighted by molar-refractivity contribution is 9.10. The molecule has 0 aliphatic rings. The van der Waals surface area contributed by atoms with E-state index in [-0.39, 0.29) is 5.82 Å². The van der Waals surface area contributed by atoms with Crippen LogP contribution in [0.4, 0.5) is 10.1 Å². The van der Waals surface area contributed by atoms with E-state index in [0.717, 1.165) is 28.8 Å². The number of aromatic nitrogens is 1. The molecule has 0 atom stereocenters. The van der Waals surface area contributed by atoms with Gasteiger partial charge in [-0.05, 0) is 46.3 Å². The minimum atomic E-state index is -0.167. The highest BCUT2D eigenvalue weighted by Crippen LogP contribution is 2.22. The third-order valence-corrected chi connectivity index (χ3v) is 3.99. The van der Waals surface area contributed by atoms with Crippen LogP contribution in [-0.2, 0) is 6.54 Å². The van der Waals surface area contributed by atoms with Crippen LogP contribution in [0, 0.1) is 5.82 Å². The molecule has 0 bridgehead atoms. The van der Waals surface area contributed by atoms with Crippen LogP contribution in [-0.4, -0.2) is 11.1 Å². The van der Waals surface area contributed by atoms with E-state index < -0.39 is 0 Å². The predicted octanol–water partition coefficient (Wildman–Crippen LogP) is 4.66. The Labute approximate surface area is 125 Å². The first kappa shape index (κ1) is 13.2. The molecule has 0 unspecified atom stereocenters. The van der Waals surface area contributed by atoms with Crippen LogP contribution in [0.15, 0.2) is 59.2 Å².